The summed E-state index contributed by atoms with van der Waals surface area (Å²) < 4.78 is 7.25. The van der Waals surface area contributed by atoms with Crippen LogP contribution in [-0.2, 0) is 6.54 Å². The molecule has 1 fully saturated rings. The number of hydrogen-bond acceptors (Lipinski definition) is 5. The smallest absolute Gasteiger partial charge is 0.271 e. The first-order valence-electron chi connectivity index (χ1n) is 9.97. The second-order valence-electron chi connectivity index (χ2n) is 7.86. The topological polar surface area (TPSA) is 96.2 Å². The number of amides is 1. The van der Waals surface area contributed by atoms with E-state index in [1.54, 1.807) is 24.5 Å². The van der Waals surface area contributed by atoms with Gasteiger partial charge in [-0.25, -0.2) is 0 Å². The molecule has 5 rings (SSSR count). The molecule has 1 amide bonds. The molecule has 5 heterocycles. The van der Waals surface area contributed by atoms with Crippen molar-refractivity contribution in [1.82, 2.24) is 25.0 Å². The van der Waals surface area contributed by atoms with Gasteiger partial charge in [0.2, 0.25) is 0 Å². The highest BCUT2D eigenvalue weighted by Gasteiger charge is 2.34. The predicted octanol–water partition coefficient (Wildman–Crippen LogP) is 1.68. The molecule has 2 N–H and O–H groups in total. The molecule has 1 saturated heterocycles. The van der Waals surface area contributed by atoms with Gasteiger partial charge >= 0.3 is 0 Å². The number of aromatic nitrogens is 3. The van der Waals surface area contributed by atoms with Crippen molar-refractivity contribution in [3.05, 3.63) is 64.4 Å². The maximum absolute atomic E-state index is 12.4. The van der Waals surface area contributed by atoms with Crippen molar-refractivity contribution in [2.45, 2.75) is 18.9 Å². The summed E-state index contributed by atoms with van der Waals surface area (Å²) in [5.74, 6) is 1.32. The lowest BCUT2D eigenvalue weighted by atomic mass is 9.83. The highest BCUT2D eigenvalue weighted by atomic mass is 16.3. The van der Waals surface area contributed by atoms with Crippen LogP contribution in [0, 0.1) is 5.92 Å². The fraction of sp³-hybridized carbons (Fsp3) is 0.381. The second kappa shape index (κ2) is 7.36. The Morgan fingerprint density at radius 3 is 3.03 bits per heavy atom. The Hall–Kier alpha value is -3.13. The highest BCUT2D eigenvalue weighted by molar-refractivity contribution is 5.93. The minimum absolute atomic E-state index is 0.103. The normalized spacial score (nSPS) is 21.0. The summed E-state index contributed by atoms with van der Waals surface area (Å²) >= 11 is 0. The van der Waals surface area contributed by atoms with Gasteiger partial charge in [-0.1, -0.05) is 6.07 Å². The van der Waals surface area contributed by atoms with Gasteiger partial charge in [-0.3, -0.25) is 14.7 Å². The molecule has 150 valence electrons. The van der Waals surface area contributed by atoms with Crippen molar-refractivity contribution in [2.24, 2.45) is 5.92 Å². The first-order chi connectivity index (χ1) is 14.2. The van der Waals surface area contributed by atoms with Crippen molar-refractivity contribution >= 4 is 5.91 Å². The number of furan rings is 1. The van der Waals surface area contributed by atoms with Crippen LogP contribution in [-0.4, -0.2) is 51.8 Å². The van der Waals surface area contributed by atoms with E-state index in [0.29, 0.717) is 35.5 Å². The number of nitrogens with zero attached hydrogens (tertiary/aromatic N) is 3. The first kappa shape index (κ1) is 17.9. The largest absolute Gasteiger partial charge is 0.463 e. The van der Waals surface area contributed by atoms with Gasteiger partial charge in [0.25, 0.3) is 11.5 Å². The first-order valence-corrected chi connectivity index (χ1v) is 9.97. The molecule has 2 aliphatic rings. The summed E-state index contributed by atoms with van der Waals surface area (Å²) in [5, 5.41) is 9.85. The number of nitrogens with one attached hydrogen (secondary N) is 2. The Labute approximate surface area is 167 Å². The molecule has 0 radical (unpaired) electrons. The van der Waals surface area contributed by atoms with Crippen LogP contribution >= 0.6 is 0 Å². The average molecular weight is 393 g/mol. The minimum atomic E-state index is -0.201. The van der Waals surface area contributed by atoms with E-state index in [4.69, 9.17) is 4.42 Å². The van der Waals surface area contributed by atoms with Crippen LogP contribution < -0.4 is 10.9 Å². The number of pyridine rings is 1. The molecule has 0 saturated carbocycles. The number of aromatic amines is 1. The van der Waals surface area contributed by atoms with Crippen molar-refractivity contribution in [3.8, 4) is 11.5 Å². The number of hydrogen-bond donors (Lipinski definition) is 2. The molecule has 2 atom stereocenters. The second-order valence-corrected chi connectivity index (χ2v) is 7.86. The average Bonchev–Trinajstić information content (AvgIpc) is 3.40. The standard InChI is InChI=1S/C21H23N5O3/c27-20-5-1-3-18-15-9-14(12-26(18)20)11-25(13-15)7-6-22-21(28)17-10-16(23-24-17)19-4-2-8-29-19/h1-5,8,10,14-15H,6-7,9,11-13H2,(H,22,28)(H,23,24). The molecule has 3 aromatic heterocycles. The summed E-state index contributed by atoms with van der Waals surface area (Å²) in [4.78, 5) is 26.9. The summed E-state index contributed by atoms with van der Waals surface area (Å²) in [6.45, 7) is 4.00. The van der Waals surface area contributed by atoms with Gasteiger partial charge in [0.15, 0.2) is 11.5 Å². The van der Waals surface area contributed by atoms with Crippen molar-refractivity contribution in [3.63, 3.8) is 0 Å². The minimum Gasteiger partial charge on any atom is -0.463 e. The van der Waals surface area contributed by atoms with E-state index in [-0.39, 0.29) is 11.5 Å². The summed E-state index contributed by atoms with van der Waals surface area (Å²) in [5.41, 5.74) is 2.27. The Morgan fingerprint density at radius 1 is 1.24 bits per heavy atom. The number of rotatable bonds is 5. The fourth-order valence-electron chi connectivity index (χ4n) is 4.59. The monoisotopic (exact) mass is 393 g/mol. The number of carbonyl (C=O) groups is 1. The van der Waals surface area contributed by atoms with E-state index < -0.39 is 0 Å². The molecular formula is C21H23N5O3. The van der Waals surface area contributed by atoms with Crippen molar-refractivity contribution in [2.75, 3.05) is 26.2 Å². The maximum Gasteiger partial charge on any atom is 0.271 e. The number of fused-ring (bicyclic) bond motifs is 4. The fourth-order valence-corrected chi connectivity index (χ4v) is 4.59. The van der Waals surface area contributed by atoms with E-state index in [1.807, 2.05) is 16.7 Å². The molecule has 0 aliphatic carbocycles. The SMILES string of the molecule is O=C(NCCN1CC2CC(C1)c1cccc(=O)n1C2)c1cc(-c2ccco2)[nH]n1. The van der Waals surface area contributed by atoms with E-state index in [0.717, 1.165) is 38.3 Å². The molecule has 0 aromatic carbocycles. The molecule has 2 bridgehead atoms. The third-order valence-electron chi connectivity index (χ3n) is 5.87. The van der Waals surface area contributed by atoms with Crippen LogP contribution in [0.1, 0.15) is 28.5 Å². The van der Waals surface area contributed by atoms with Gasteiger partial charge in [-0.15, -0.1) is 0 Å². The van der Waals surface area contributed by atoms with Gasteiger partial charge in [0, 0.05) is 56.5 Å². The zero-order valence-corrected chi connectivity index (χ0v) is 16.0. The van der Waals surface area contributed by atoms with Crippen LogP contribution in [0.25, 0.3) is 11.5 Å². The lowest BCUT2D eigenvalue weighted by Crippen LogP contribution is -2.48. The van der Waals surface area contributed by atoms with Crippen LogP contribution in [0.3, 0.4) is 0 Å². The van der Waals surface area contributed by atoms with E-state index >= 15 is 0 Å². The summed E-state index contributed by atoms with van der Waals surface area (Å²) in [6, 6.07) is 10.9. The highest BCUT2D eigenvalue weighted by Crippen LogP contribution is 2.34. The number of piperidine rings is 1. The molecule has 8 nitrogen and oxygen atoms in total. The van der Waals surface area contributed by atoms with Crippen molar-refractivity contribution < 1.29 is 9.21 Å². The van der Waals surface area contributed by atoms with Crippen LogP contribution in [0.2, 0.25) is 0 Å². The number of H-pyrrole nitrogens is 1. The molecule has 2 aliphatic heterocycles. The van der Waals surface area contributed by atoms with Gasteiger partial charge in [0.1, 0.15) is 5.69 Å². The molecule has 29 heavy (non-hydrogen) atoms. The molecular weight excluding hydrogens is 370 g/mol. The van der Waals surface area contributed by atoms with Gasteiger partial charge in [0.05, 0.1) is 6.26 Å². The summed E-state index contributed by atoms with van der Waals surface area (Å²) in [7, 11) is 0. The Kier molecular flexibility index (Phi) is 4.55. The zero-order chi connectivity index (χ0) is 19.8. The van der Waals surface area contributed by atoms with Crippen LogP contribution in [0.5, 0.6) is 0 Å². The molecule has 2 unspecified atom stereocenters. The van der Waals surface area contributed by atoms with Crippen LogP contribution in [0.4, 0.5) is 0 Å². The number of likely N-dealkylation sites (tertiary alicyclic amines) is 1. The Balaban J connectivity index is 1.17. The quantitative estimate of drug-likeness (QED) is 0.688. The molecule has 8 heteroatoms. The maximum atomic E-state index is 12.4. The third-order valence-corrected chi connectivity index (χ3v) is 5.87. The van der Waals surface area contributed by atoms with E-state index in [2.05, 4.69) is 26.5 Å². The molecule has 0 spiro atoms. The Morgan fingerprint density at radius 2 is 2.17 bits per heavy atom. The Bertz CT molecular complexity index is 1070. The third kappa shape index (κ3) is 3.51. The van der Waals surface area contributed by atoms with E-state index in [1.165, 1.54) is 0 Å². The van der Waals surface area contributed by atoms with Crippen molar-refractivity contribution in [1.29, 1.82) is 0 Å². The number of carbonyl (C=O) groups excluding carboxylic acids is 1. The van der Waals surface area contributed by atoms with E-state index in [9.17, 15) is 9.59 Å². The molecule has 3 aromatic rings. The summed E-state index contributed by atoms with van der Waals surface area (Å²) in [6.07, 6.45) is 2.72. The predicted molar refractivity (Wildman–Crippen MR) is 107 cm³/mol. The zero-order valence-electron chi connectivity index (χ0n) is 16.0. The lowest BCUT2D eigenvalue weighted by molar-refractivity contribution is 0.0923. The van der Waals surface area contributed by atoms with Gasteiger partial charge in [-0.2, -0.15) is 5.10 Å². The van der Waals surface area contributed by atoms with Crippen LogP contribution in [0.15, 0.2) is 51.9 Å². The lowest BCUT2D eigenvalue weighted by Gasteiger charge is -2.42. The van der Waals surface area contributed by atoms with Gasteiger partial charge in [-0.05, 0) is 30.5 Å². The van der Waals surface area contributed by atoms with Gasteiger partial charge < -0.3 is 19.2 Å².